The van der Waals surface area contributed by atoms with E-state index in [2.05, 4.69) is 31.7 Å². The van der Waals surface area contributed by atoms with Crippen LogP contribution in [0.3, 0.4) is 0 Å². The molecule has 0 saturated carbocycles. The second kappa shape index (κ2) is 8.90. The van der Waals surface area contributed by atoms with Gasteiger partial charge in [-0.15, -0.1) is 0 Å². The molecule has 0 amide bonds. The van der Waals surface area contributed by atoms with Crippen LogP contribution in [0.4, 0.5) is 5.69 Å². The quantitative estimate of drug-likeness (QED) is 0.382. The van der Waals surface area contributed by atoms with Crippen LogP contribution in [0.5, 0.6) is 0 Å². The first kappa shape index (κ1) is 17.8. The molecule has 6 nitrogen and oxygen atoms in total. The summed E-state index contributed by atoms with van der Waals surface area (Å²) in [7, 11) is 0. The predicted molar refractivity (Wildman–Crippen MR) is 106 cm³/mol. The van der Waals surface area contributed by atoms with Gasteiger partial charge >= 0.3 is 0 Å². The van der Waals surface area contributed by atoms with Gasteiger partial charge in [0.1, 0.15) is 0 Å². The molecule has 0 aliphatic carbocycles. The highest BCUT2D eigenvalue weighted by atomic mass is 32.1. The summed E-state index contributed by atoms with van der Waals surface area (Å²) in [5, 5.41) is 7.89. The van der Waals surface area contributed by atoms with Gasteiger partial charge in [-0.05, 0) is 62.5 Å². The number of pyridine rings is 1. The van der Waals surface area contributed by atoms with Gasteiger partial charge in [-0.3, -0.25) is 21.3 Å². The molecule has 0 saturated heterocycles. The molecule has 24 heavy (non-hydrogen) atoms. The minimum atomic E-state index is 0.290. The first-order valence-electron chi connectivity index (χ1n) is 7.20. The van der Waals surface area contributed by atoms with E-state index in [-0.39, 0.29) is 0 Å². The first-order valence-corrected chi connectivity index (χ1v) is 8.01. The molecule has 0 aliphatic rings. The molecule has 0 spiro atoms. The standard InChI is InChI=1S/C16H18N6S2/c1-11-6-8-13(9-7-11)18-15(23)20-22-16(24)21-19-12(2)14-5-3-4-10-17-14/h3-10H,1-2H3,(H2,18,20,23)(H2,21,22,24)/b19-12+. The number of aromatic nitrogens is 1. The van der Waals surface area contributed by atoms with Crippen LogP contribution >= 0.6 is 24.4 Å². The second-order valence-electron chi connectivity index (χ2n) is 4.92. The number of benzene rings is 1. The van der Waals surface area contributed by atoms with Gasteiger partial charge in [0.25, 0.3) is 0 Å². The zero-order valence-electron chi connectivity index (χ0n) is 13.3. The Morgan fingerprint density at radius 1 is 1.00 bits per heavy atom. The Morgan fingerprint density at radius 2 is 1.71 bits per heavy atom. The summed E-state index contributed by atoms with van der Waals surface area (Å²) in [6.45, 7) is 3.87. The highest BCUT2D eigenvalue weighted by molar-refractivity contribution is 7.80. The lowest BCUT2D eigenvalue weighted by molar-refractivity contribution is 0.834. The highest BCUT2D eigenvalue weighted by Crippen LogP contribution is 2.07. The van der Waals surface area contributed by atoms with Crippen LogP contribution in [-0.2, 0) is 0 Å². The molecule has 0 aliphatic heterocycles. The molecule has 1 aromatic carbocycles. The van der Waals surface area contributed by atoms with Gasteiger partial charge in [0.15, 0.2) is 5.11 Å². The van der Waals surface area contributed by atoms with Crippen molar-refractivity contribution in [1.82, 2.24) is 21.3 Å². The maximum Gasteiger partial charge on any atom is 0.205 e. The maximum absolute atomic E-state index is 5.18. The SMILES string of the molecule is C/C(=N\NC(=S)NNC(=S)Nc1ccc(C)cc1)c1ccccn1. The number of nitrogens with zero attached hydrogens (tertiary/aromatic N) is 2. The summed E-state index contributed by atoms with van der Waals surface area (Å²) in [4.78, 5) is 4.20. The maximum atomic E-state index is 5.18. The van der Waals surface area contributed by atoms with Crippen molar-refractivity contribution in [3.8, 4) is 0 Å². The van der Waals surface area contributed by atoms with E-state index in [1.165, 1.54) is 5.56 Å². The van der Waals surface area contributed by atoms with E-state index >= 15 is 0 Å². The summed E-state index contributed by atoms with van der Waals surface area (Å²) < 4.78 is 0. The number of aryl methyl sites for hydroxylation is 1. The van der Waals surface area contributed by atoms with Crippen molar-refractivity contribution in [1.29, 1.82) is 0 Å². The number of hydrazone groups is 1. The van der Waals surface area contributed by atoms with Gasteiger partial charge in [0.2, 0.25) is 5.11 Å². The van der Waals surface area contributed by atoms with Crippen molar-refractivity contribution in [2.75, 3.05) is 5.32 Å². The average Bonchev–Trinajstić information content (AvgIpc) is 2.60. The molecule has 1 heterocycles. The zero-order valence-corrected chi connectivity index (χ0v) is 15.0. The fourth-order valence-electron chi connectivity index (χ4n) is 1.71. The van der Waals surface area contributed by atoms with Crippen molar-refractivity contribution in [2.24, 2.45) is 5.10 Å². The minimum Gasteiger partial charge on any atom is -0.331 e. The molecule has 0 fully saturated rings. The normalized spacial score (nSPS) is 10.7. The molecule has 4 N–H and O–H groups in total. The molecule has 0 radical (unpaired) electrons. The van der Waals surface area contributed by atoms with Gasteiger partial charge in [0.05, 0.1) is 11.4 Å². The van der Waals surface area contributed by atoms with E-state index < -0.39 is 0 Å². The van der Waals surface area contributed by atoms with Crippen LogP contribution in [-0.4, -0.2) is 20.9 Å². The van der Waals surface area contributed by atoms with E-state index in [0.29, 0.717) is 10.2 Å². The van der Waals surface area contributed by atoms with Gasteiger partial charge in [-0.1, -0.05) is 23.8 Å². The Balaban J connectivity index is 1.76. The predicted octanol–water partition coefficient (Wildman–Crippen LogP) is 2.48. The summed E-state index contributed by atoms with van der Waals surface area (Å²) in [5.41, 5.74) is 11.9. The fraction of sp³-hybridized carbons (Fsp3) is 0.125. The topological polar surface area (TPSA) is 73.4 Å². The van der Waals surface area contributed by atoms with Crippen molar-refractivity contribution in [3.63, 3.8) is 0 Å². The summed E-state index contributed by atoms with van der Waals surface area (Å²) in [6.07, 6.45) is 1.71. The van der Waals surface area contributed by atoms with Crippen LogP contribution < -0.4 is 21.6 Å². The summed E-state index contributed by atoms with van der Waals surface area (Å²) in [6, 6.07) is 13.5. The van der Waals surface area contributed by atoms with E-state index in [4.69, 9.17) is 24.4 Å². The zero-order chi connectivity index (χ0) is 17.4. The summed E-state index contributed by atoms with van der Waals surface area (Å²) in [5.74, 6) is 0. The number of hydrogen-bond donors (Lipinski definition) is 4. The van der Waals surface area contributed by atoms with Crippen LogP contribution in [0.15, 0.2) is 53.8 Å². The Hall–Kier alpha value is -2.58. The van der Waals surface area contributed by atoms with Crippen LogP contribution in [0.1, 0.15) is 18.2 Å². The smallest absolute Gasteiger partial charge is 0.205 e. The number of hydrogen-bond acceptors (Lipinski definition) is 4. The molecule has 2 rings (SSSR count). The fourth-order valence-corrected chi connectivity index (χ4v) is 1.97. The molecular weight excluding hydrogens is 340 g/mol. The van der Waals surface area contributed by atoms with Crippen molar-refractivity contribution in [3.05, 3.63) is 59.9 Å². The van der Waals surface area contributed by atoms with Crippen molar-refractivity contribution < 1.29 is 0 Å². The van der Waals surface area contributed by atoms with Gasteiger partial charge in [-0.2, -0.15) is 5.10 Å². The highest BCUT2D eigenvalue weighted by Gasteiger charge is 2.00. The molecule has 1 aromatic heterocycles. The van der Waals surface area contributed by atoms with Crippen LogP contribution in [0.25, 0.3) is 0 Å². The van der Waals surface area contributed by atoms with Crippen LogP contribution in [0.2, 0.25) is 0 Å². The largest absolute Gasteiger partial charge is 0.331 e. The number of thiocarbonyl (C=S) groups is 2. The first-order chi connectivity index (χ1) is 11.5. The Labute approximate surface area is 151 Å². The third-order valence-electron chi connectivity index (χ3n) is 2.96. The molecule has 0 unspecified atom stereocenters. The minimum absolute atomic E-state index is 0.290. The number of rotatable bonds is 3. The number of nitrogens with one attached hydrogen (secondary N) is 4. The van der Waals surface area contributed by atoms with E-state index in [1.807, 2.05) is 56.3 Å². The molecule has 124 valence electrons. The van der Waals surface area contributed by atoms with E-state index in [0.717, 1.165) is 17.1 Å². The third-order valence-corrected chi connectivity index (χ3v) is 3.36. The Morgan fingerprint density at radius 3 is 2.38 bits per heavy atom. The lowest BCUT2D eigenvalue weighted by Crippen LogP contribution is -2.47. The molecule has 0 bridgehead atoms. The monoisotopic (exact) mass is 358 g/mol. The molecule has 0 atom stereocenters. The third kappa shape index (κ3) is 5.90. The lowest BCUT2D eigenvalue weighted by Gasteiger charge is -2.13. The number of anilines is 1. The number of hydrazine groups is 1. The van der Waals surface area contributed by atoms with Gasteiger partial charge < -0.3 is 5.32 Å². The van der Waals surface area contributed by atoms with Crippen molar-refractivity contribution >= 4 is 46.1 Å². The molecule has 8 heteroatoms. The van der Waals surface area contributed by atoms with Crippen LogP contribution in [0, 0.1) is 6.92 Å². The molecular formula is C16H18N6S2. The van der Waals surface area contributed by atoms with E-state index in [9.17, 15) is 0 Å². The Bertz CT molecular complexity index is 728. The van der Waals surface area contributed by atoms with E-state index in [1.54, 1.807) is 6.20 Å². The lowest BCUT2D eigenvalue weighted by atomic mass is 10.2. The van der Waals surface area contributed by atoms with Gasteiger partial charge in [-0.25, -0.2) is 0 Å². The molecule has 2 aromatic rings. The second-order valence-corrected chi connectivity index (χ2v) is 5.74. The Kier molecular flexibility index (Phi) is 6.59. The summed E-state index contributed by atoms with van der Waals surface area (Å²) >= 11 is 10.3. The van der Waals surface area contributed by atoms with Gasteiger partial charge in [0, 0.05) is 11.9 Å². The van der Waals surface area contributed by atoms with Crippen molar-refractivity contribution in [2.45, 2.75) is 13.8 Å². The average molecular weight is 358 g/mol.